The number of hydrogen-bond acceptors (Lipinski definition) is 4. The minimum absolute atomic E-state index is 0.163. The lowest BCUT2D eigenvalue weighted by Gasteiger charge is -2.17. The standard InChI is InChI=1S/C13H14ClN3OS/c1-8-4-5-10(9(2)6-8)7-17(3)12(18)11-15-16-13(14)19-11/h4-6H,7H2,1-3H3. The highest BCUT2D eigenvalue weighted by Crippen LogP contribution is 2.18. The summed E-state index contributed by atoms with van der Waals surface area (Å²) in [6, 6.07) is 6.19. The van der Waals surface area contributed by atoms with E-state index in [1.54, 1.807) is 11.9 Å². The monoisotopic (exact) mass is 295 g/mol. The average Bonchev–Trinajstić information content (AvgIpc) is 2.78. The zero-order chi connectivity index (χ0) is 14.0. The molecule has 0 unspecified atom stereocenters. The zero-order valence-electron chi connectivity index (χ0n) is 11.0. The maximum atomic E-state index is 12.1. The highest BCUT2D eigenvalue weighted by Gasteiger charge is 2.17. The molecule has 0 spiro atoms. The highest BCUT2D eigenvalue weighted by molar-refractivity contribution is 7.17. The fourth-order valence-corrected chi connectivity index (χ4v) is 2.63. The van der Waals surface area contributed by atoms with Gasteiger partial charge in [-0.2, -0.15) is 0 Å². The van der Waals surface area contributed by atoms with Gasteiger partial charge in [0.1, 0.15) is 0 Å². The Hall–Kier alpha value is -1.46. The fourth-order valence-electron chi connectivity index (χ4n) is 1.81. The molecule has 1 aromatic carbocycles. The number of carbonyl (C=O) groups is 1. The largest absolute Gasteiger partial charge is 0.335 e. The van der Waals surface area contributed by atoms with E-state index >= 15 is 0 Å². The highest BCUT2D eigenvalue weighted by atomic mass is 35.5. The van der Waals surface area contributed by atoms with Gasteiger partial charge in [0.05, 0.1) is 0 Å². The molecule has 0 fully saturated rings. The van der Waals surface area contributed by atoms with Crippen LogP contribution >= 0.6 is 22.9 Å². The molecule has 0 aliphatic heterocycles. The van der Waals surface area contributed by atoms with Gasteiger partial charge in [-0.3, -0.25) is 4.79 Å². The van der Waals surface area contributed by atoms with Crippen molar-refractivity contribution in [2.24, 2.45) is 0 Å². The van der Waals surface area contributed by atoms with E-state index in [-0.39, 0.29) is 10.4 Å². The first-order valence-electron chi connectivity index (χ1n) is 5.78. The Bertz CT molecular complexity index is 612. The van der Waals surface area contributed by atoms with Crippen molar-refractivity contribution in [3.8, 4) is 0 Å². The summed E-state index contributed by atoms with van der Waals surface area (Å²) in [7, 11) is 1.75. The van der Waals surface area contributed by atoms with Crippen molar-refractivity contribution < 1.29 is 4.79 Å². The molecular weight excluding hydrogens is 282 g/mol. The topological polar surface area (TPSA) is 46.1 Å². The van der Waals surface area contributed by atoms with Gasteiger partial charge in [0, 0.05) is 13.6 Å². The van der Waals surface area contributed by atoms with Gasteiger partial charge < -0.3 is 4.90 Å². The van der Waals surface area contributed by atoms with Crippen molar-refractivity contribution in [1.82, 2.24) is 15.1 Å². The van der Waals surface area contributed by atoms with Gasteiger partial charge in [-0.05, 0) is 36.6 Å². The second-order valence-corrected chi connectivity index (χ2v) is 6.01. The van der Waals surface area contributed by atoms with Crippen LogP contribution in [0.1, 0.15) is 26.5 Å². The summed E-state index contributed by atoms with van der Waals surface area (Å²) in [5.41, 5.74) is 3.51. The van der Waals surface area contributed by atoms with Crippen LogP contribution in [0.4, 0.5) is 0 Å². The van der Waals surface area contributed by atoms with Crippen molar-refractivity contribution in [3.63, 3.8) is 0 Å². The lowest BCUT2D eigenvalue weighted by molar-refractivity contribution is 0.0783. The van der Waals surface area contributed by atoms with Crippen molar-refractivity contribution in [2.75, 3.05) is 7.05 Å². The predicted octanol–water partition coefficient (Wildman–Crippen LogP) is 3.08. The molecular formula is C13H14ClN3OS. The summed E-state index contributed by atoms with van der Waals surface area (Å²) >= 11 is 6.78. The number of carbonyl (C=O) groups excluding carboxylic acids is 1. The predicted molar refractivity (Wildman–Crippen MR) is 76.6 cm³/mol. The number of aryl methyl sites for hydroxylation is 2. The quantitative estimate of drug-likeness (QED) is 0.874. The first-order chi connectivity index (χ1) is 8.97. The first-order valence-corrected chi connectivity index (χ1v) is 6.97. The Morgan fingerprint density at radius 3 is 2.68 bits per heavy atom. The third-order valence-electron chi connectivity index (χ3n) is 2.84. The fraction of sp³-hybridized carbons (Fsp3) is 0.308. The molecule has 0 radical (unpaired) electrons. The molecule has 6 heteroatoms. The van der Waals surface area contributed by atoms with Crippen molar-refractivity contribution in [3.05, 3.63) is 44.4 Å². The maximum absolute atomic E-state index is 12.1. The molecule has 0 atom stereocenters. The molecule has 1 amide bonds. The van der Waals surface area contributed by atoms with Crippen LogP contribution in [0.5, 0.6) is 0 Å². The normalized spacial score (nSPS) is 10.5. The van der Waals surface area contributed by atoms with E-state index in [4.69, 9.17) is 11.6 Å². The molecule has 2 aromatic rings. The third-order valence-corrected chi connectivity index (χ3v) is 3.84. The molecule has 0 bridgehead atoms. The summed E-state index contributed by atoms with van der Waals surface area (Å²) in [4.78, 5) is 13.7. The smallest absolute Gasteiger partial charge is 0.284 e. The van der Waals surface area contributed by atoms with Crippen LogP contribution in [0.15, 0.2) is 18.2 Å². The minimum Gasteiger partial charge on any atom is -0.335 e. The van der Waals surface area contributed by atoms with Crippen LogP contribution in [0.25, 0.3) is 0 Å². The van der Waals surface area contributed by atoms with Crippen LogP contribution < -0.4 is 0 Å². The van der Waals surface area contributed by atoms with Gasteiger partial charge in [-0.15, -0.1) is 10.2 Å². The van der Waals surface area contributed by atoms with Crippen molar-refractivity contribution in [2.45, 2.75) is 20.4 Å². The number of amides is 1. The van der Waals surface area contributed by atoms with Gasteiger partial charge >= 0.3 is 0 Å². The minimum atomic E-state index is -0.163. The summed E-state index contributed by atoms with van der Waals surface area (Å²) in [5, 5.41) is 7.72. The number of hydrogen-bond donors (Lipinski definition) is 0. The summed E-state index contributed by atoms with van der Waals surface area (Å²) in [6.45, 7) is 4.64. The average molecular weight is 296 g/mol. The van der Waals surface area contributed by atoms with Gasteiger partial charge in [0.2, 0.25) is 9.47 Å². The Morgan fingerprint density at radius 2 is 2.11 bits per heavy atom. The summed E-state index contributed by atoms with van der Waals surface area (Å²) in [6.07, 6.45) is 0. The molecule has 19 heavy (non-hydrogen) atoms. The molecule has 4 nitrogen and oxygen atoms in total. The Kier molecular flexibility index (Phi) is 4.17. The van der Waals surface area contributed by atoms with Gasteiger partial charge in [0.15, 0.2) is 0 Å². The van der Waals surface area contributed by atoms with Gasteiger partial charge in [-0.1, -0.05) is 35.1 Å². The van der Waals surface area contributed by atoms with Gasteiger partial charge in [0.25, 0.3) is 5.91 Å². The second-order valence-electron chi connectivity index (χ2n) is 4.45. The van der Waals surface area contributed by atoms with Crippen LogP contribution in [0.2, 0.25) is 4.47 Å². The number of benzene rings is 1. The zero-order valence-corrected chi connectivity index (χ0v) is 12.5. The van der Waals surface area contributed by atoms with Gasteiger partial charge in [-0.25, -0.2) is 0 Å². The van der Waals surface area contributed by atoms with E-state index in [2.05, 4.69) is 23.2 Å². The van der Waals surface area contributed by atoms with E-state index in [0.717, 1.165) is 16.9 Å². The molecule has 0 aliphatic carbocycles. The van der Waals surface area contributed by atoms with E-state index in [0.29, 0.717) is 11.6 Å². The number of aromatic nitrogens is 2. The third kappa shape index (κ3) is 3.30. The maximum Gasteiger partial charge on any atom is 0.284 e. The molecule has 0 saturated heterocycles. The van der Waals surface area contributed by atoms with E-state index in [9.17, 15) is 4.79 Å². The summed E-state index contributed by atoms with van der Waals surface area (Å²) < 4.78 is 0.281. The van der Waals surface area contributed by atoms with Crippen LogP contribution in [-0.4, -0.2) is 28.1 Å². The van der Waals surface area contributed by atoms with E-state index in [1.165, 1.54) is 11.1 Å². The molecule has 100 valence electrons. The van der Waals surface area contributed by atoms with Crippen molar-refractivity contribution >= 4 is 28.8 Å². The Labute approximate surface area is 121 Å². The molecule has 1 heterocycles. The molecule has 0 N–H and O–H groups in total. The van der Waals surface area contributed by atoms with E-state index in [1.807, 2.05) is 19.1 Å². The summed E-state index contributed by atoms with van der Waals surface area (Å²) in [5.74, 6) is -0.163. The number of rotatable bonds is 3. The lowest BCUT2D eigenvalue weighted by atomic mass is 10.1. The second kappa shape index (κ2) is 5.67. The number of halogens is 1. The Balaban J connectivity index is 2.12. The Morgan fingerprint density at radius 1 is 1.37 bits per heavy atom. The van der Waals surface area contributed by atoms with Crippen LogP contribution in [0.3, 0.4) is 0 Å². The SMILES string of the molecule is Cc1ccc(CN(C)C(=O)c2nnc(Cl)s2)c(C)c1. The van der Waals surface area contributed by atoms with Crippen LogP contribution in [0, 0.1) is 13.8 Å². The molecule has 2 rings (SSSR count). The van der Waals surface area contributed by atoms with Crippen molar-refractivity contribution in [1.29, 1.82) is 0 Å². The molecule has 0 aliphatic rings. The number of nitrogens with zero attached hydrogens (tertiary/aromatic N) is 3. The first kappa shape index (κ1) is 14.0. The lowest BCUT2D eigenvalue weighted by Crippen LogP contribution is -2.26. The van der Waals surface area contributed by atoms with E-state index < -0.39 is 0 Å². The molecule has 0 saturated carbocycles. The van der Waals surface area contributed by atoms with Crippen LogP contribution in [-0.2, 0) is 6.54 Å². The molecule has 1 aromatic heterocycles.